The molecule has 2 aromatic heterocycles. The van der Waals surface area contributed by atoms with E-state index in [9.17, 15) is 19.2 Å². The first-order valence-corrected chi connectivity index (χ1v) is 22.4. The zero-order chi connectivity index (χ0) is 47.9. The van der Waals surface area contributed by atoms with Gasteiger partial charge in [-0.2, -0.15) is 0 Å². The van der Waals surface area contributed by atoms with Crippen LogP contribution in [0, 0.1) is 5.92 Å². The van der Waals surface area contributed by atoms with E-state index in [0.29, 0.717) is 49.9 Å². The third-order valence-corrected chi connectivity index (χ3v) is 12.4. The molecule has 0 radical (unpaired) electrons. The largest absolute Gasteiger partial charge is 0.488 e. The van der Waals surface area contributed by atoms with Gasteiger partial charge in [0.1, 0.15) is 36.1 Å². The van der Waals surface area contributed by atoms with Gasteiger partial charge in [-0.05, 0) is 85.0 Å². The predicted molar refractivity (Wildman–Crippen MR) is 253 cm³/mol. The number of fused-ring (bicyclic) bond motifs is 6. The molecule has 17 heteroatoms. The van der Waals surface area contributed by atoms with Crippen LogP contribution in [0.3, 0.4) is 0 Å². The van der Waals surface area contributed by atoms with E-state index in [-0.39, 0.29) is 17.7 Å². The van der Waals surface area contributed by atoms with E-state index in [2.05, 4.69) is 44.9 Å². The zero-order valence-electron chi connectivity index (χ0n) is 39.5. The summed E-state index contributed by atoms with van der Waals surface area (Å²) in [6, 6.07) is 20.6. The van der Waals surface area contributed by atoms with Crippen molar-refractivity contribution in [2.75, 3.05) is 48.1 Å². The molecule has 3 heterocycles. The second-order valence-electron chi connectivity index (χ2n) is 17.0. The average Bonchev–Trinajstić information content (AvgIpc) is 4.03. The SMILES string of the molecule is CCCN(C(=O)[C@H](NC(=O)OC)c1ccccc1)[C@@H](C)c1nc2c(ccc3cc4c(cc32)OCc2cc(-c3cnc([C@H](C)N(C[C@H](C)COC)C(=O)[C@@H](NC(=O)OC)[C@@H](C)OC)[nH]3)ccc2-4)[nH]1. The number of benzene rings is 4. The number of alkyl carbamates (subject to hydrolysis) is 2. The smallest absolute Gasteiger partial charge is 0.407 e. The van der Waals surface area contributed by atoms with Crippen LogP contribution in [0.1, 0.15) is 81.9 Å². The van der Waals surface area contributed by atoms with Crippen LogP contribution >= 0.6 is 0 Å². The number of carbonyl (C=O) groups excluding carboxylic acids is 4. The molecule has 0 saturated carbocycles. The van der Waals surface area contributed by atoms with Gasteiger partial charge < -0.3 is 54.1 Å². The number of H-pyrrole nitrogens is 2. The first-order chi connectivity index (χ1) is 32.3. The first-order valence-electron chi connectivity index (χ1n) is 22.4. The minimum absolute atomic E-state index is 0.0221. The zero-order valence-corrected chi connectivity index (χ0v) is 39.5. The van der Waals surface area contributed by atoms with E-state index in [0.717, 1.165) is 55.5 Å². The average molecular weight is 917 g/mol. The molecule has 4 N–H and O–H groups in total. The fraction of sp³-hybridized carbons (Fsp3) is 0.400. The Hall–Kier alpha value is -6.98. The topological polar surface area (TPSA) is 202 Å². The monoisotopic (exact) mass is 916 g/mol. The number of ether oxygens (including phenoxy) is 5. The molecular formula is C50H60N8O9. The number of carbonyl (C=O) groups is 4. The summed E-state index contributed by atoms with van der Waals surface area (Å²) in [5.74, 6) is 1.27. The standard InChI is InChI=1S/C50H60N8O9/c1-10-20-57(48(60)43(56-50(62)66-9)32-14-12-11-13-15-32)30(4)46-52-39-19-17-33-22-38-36-18-16-34(21-35(36)27-67-41(38)23-37(33)44(39)54-46)40-24-51-45(53-40)29(3)58(25-28(2)26-63-6)47(59)42(31(5)64-7)55-49(61)65-8/h11-19,21-24,28-31,42-43H,10,20,25-27H2,1-9H3,(H,51,53)(H,52,54)(H,55,61)(H,56,62)/t28-,29-,30-,31+,42-,43+/m0/s1. The Morgan fingerprint density at radius 2 is 1.54 bits per heavy atom. The summed E-state index contributed by atoms with van der Waals surface area (Å²) >= 11 is 0. The highest BCUT2D eigenvalue weighted by Crippen LogP contribution is 2.43. The number of aromatic amines is 2. The van der Waals surface area contributed by atoms with Crippen LogP contribution in [0.25, 0.3) is 44.2 Å². The number of hydrogen-bond acceptors (Lipinski definition) is 11. The van der Waals surface area contributed by atoms with Crippen LogP contribution in [0.4, 0.5) is 9.59 Å². The summed E-state index contributed by atoms with van der Waals surface area (Å²) < 4.78 is 27.0. The molecule has 0 saturated heterocycles. The van der Waals surface area contributed by atoms with Crippen molar-refractivity contribution in [3.8, 4) is 28.1 Å². The lowest BCUT2D eigenvalue weighted by Crippen LogP contribution is -2.55. The molecule has 67 heavy (non-hydrogen) atoms. The number of imidazole rings is 2. The Morgan fingerprint density at radius 1 is 0.806 bits per heavy atom. The van der Waals surface area contributed by atoms with E-state index in [1.807, 2.05) is 64.1 Å². The first kappa shape index (κ1) is 48.0. The highest BCUT2D eigenvalue weighted by Gasteiger charge is 2.36. The summed E-state index contributed by atoms with van der Waals surface area (Å²) in [7, 11) is 5.62. The molecule has 4 amide bonds. The van der Waals surface area contributed by atoms with Crippen LogP contribution in [-0.2, 0) is 35.1 Å². The highest BCUT2D eigenvalue weighted by atomic mass is 16.5. The molecule has 0 unspecified atom stereocenters. The van der Waals surface area contributed by atoms with E-state index >= 15 is 0 Å². The molecule has 0 spiro atoms. The van der Waals surface area contributed by atoms with E-state index in [1.54, 1.807) is 42.2 Å². The molecule has 0 aliphatic carbocycles. The maximum absolute atomic E-state index is 14.3. The number of hydrogen-bond donors (Lipinski definition) is 4. The minimum atomic E-state index is -1.01. The Balaban J connectivity index is 1.15. The van der Waals surface area contributed by atoms with Crippen LogP contribution in [-0.4, -0.2) is 114 Å². The molecular weight excluding hydrogens is 857 g/mol. The molecule has 1 aliphatic heterocycles. The van der Waals surface area contributed by atoms with Crippen molar-refractivity contribution >= 4 is 45.8 Å². The van der Waals surface area contributed by atoms with Crippen molar-refractivity contribution in [2.24, 2.45) is 5.92 Å². The Labute approximate surface area is 389 Å². The Kier molecular flexibility index (Phi) is 15.1. The van der Waals surface area contributed by atoms with Gasteiger partial charge in [-0.25, -0.2) is 19.6 Å². The van der Waals surface area contributed by atoms with Crippen molar-refractivity contribution in [1.29, 1.82) is 0 Å². The minimum Gasteiger partial charge on any atom is -0.488 e. The van der Waals surface area contributed by atoms with E-state index < -0.39 is 42.5 Å². The van der Waals surface area contributed by atoms with Crippen molar-refractivity contribution in [3.63, 3.8) is 0 Å². The number of nitrogens with zero attached hydrogens (tertiary/aromatic N) is 4. The molecule has 1 aliphatic rings. The van der Waals surface area contributed by atoms with Gasteiger partial charge in [0.2, 0.25) is 5.91 Å². The summed E-state index contributed by atoms with van der Waals surface area (Å²) in [5, 5.41) is 7.25. The van der Waals surface area contributed by atoms with Gasteiger partial charge >= 0.3 is 12.2 Å². The van der Waals surface area contributed by atoms with Gasteiger partial charge in [0.15, 0.2) is 0 Å². The van der Waals surface area contributed by atoms with Gasteiger partial charge in [-0.15, -0.1) is 0 Å². The summed E-state index contributed by atoms with van der Waals surface area (Å²) in [5.41, 5.74) is 6.87. The summed E-state index contributed by atoms with van der Waals surface area (Å²) in [4.78, 5) is 73.3. The van der Waals surface area contributed by atoms with Gasteiger partial charge in [-0.3, -0.25) is 9.59 Å². The molecule has 0 fully saturated rings. The number of aromatic nitrogens is 4. The third kappa shape index (κ3) is 10.2. The van der Waals surface area contributed by atoms with Crippen molar-refractivity contribution in [3.05, 3.63) is 102 Å². The molecule has 17 nitrogen and oxygen atoms in total. The molecule has 4 aromatic carbocycles. The lowest BCUT2D eigenvalue weighted by atomic mass is 9.92. The second-order valence-corrected chi connectivity index (χ2v) is 17.0. The molecule has 0 bridgehead atoms. The van der Waals surface area contributed by atoms with Crippen molar-refractivity contribution in [2.45, 2.75) is 77.9 Å². The van der Waals surface area contributed by atoms with Crippen molar-refractivity contribution in [1.82, 2.24) is 40.4 Å². The van der Waals surface area contributed by atoms with Gasteiger partial charge in [-0.1, -0.05) is 62.4 Å². The molecule has 7 rings (SSSR count). The maximum Gasteiger partial charge on any atom is 0.407 e. The molecule has 6 atom stereocenters. The van der Waals surface area contributed by atoms with E-state index in [1.165, 1.54) is 21.3 Å². The van der Waals surface area contributed by atoms with Crippen molar-refractivity contribution < 1.29 is 42.9 Å². The molecule has 6 aromatic rings. The normalized spacial score (nSPS) is 14.6. The summed E-state index contributed by atoms with van der Waals surface area (Å²) in [6.45, 7) is 11.1. The fourth-order valence-corrected chi connectivity index (χ4v) is 8.67. The number of rotatable bonds is 18. The lowest BCUT2D eigenvalue weighted by Gasteiger charge is -2.35. The Bertz CT molecular complexity index is 2720. The van der Waals surface area contributed by atoms with Gasteiger partial charge in [0, 0.05) is 38.3 Å². The van der Waals surface area contributed by atoms with E-state index in [4.69, 9.17) is 33.7 Å². The van der Waals surface area contributed by atoms with Crippen LogP contribution < -0.4 is 15.4 Å². The molecule has 354 valence electrons. The quantitative estimate of drug-likeness (QED) is 0.0651. The number of nitrogens with one attached hydrogen (secondary N) is 4. The van der Waals surface area contributed by atoms with Gasteiger partial charge in [0.05, 0.1) is 61.9 Å². The maximum atomic E-state index is 14.3. The predicted octanol–water partition coefficient (Wildman–Crippen LogP) is 7.99. The van der Waals surface area contributed by atoms with Gasteiger partial charge in [0.25, 0.3) is 5.91 Å². The fourth-order valence-electron chi connectivity index (χ4n) is 8.67. The van der Waals surface area contributed by atoms with Crippen LogP contribution in [0.5, 0.6) is 5.75 Å². The Morgan fingerprint density at radius 3 is 2.24 bits per heavy atom. The third-order valence-electron chi connectivity index (χ3n) is 12.4. The van der Waals surface area contributed by atoms with Crippen LogP contribution in [0.15, 0.2) is 79.0 Å². The van der Waals surface area contributed by atoms with Crippen LogP contribution in [0.2, 0.25) is 0 Å². The number of methoxy groups -OCH3 is 4. The lowest BCUT2D eigenvalue weighted by molar-refractivity contribution is -0.140. The summed E-state index contributed by atoms with van der Waals surface area (Å²) in [6.07, 6.45) is 0.371. The number of amides is 4. The highest BCUT2D eigenvalue weighted by molar-refractivity contribution is 6.07. The second kappa shape index (κ2) is 21.1.